The number of aromatic nitrogens is 4. The number of hydrogen-bond acceptors (Lipinski definition) is 14. The molecule has 106 heavy (non-hydrogen) atoms. The maximum Gasteiger partial charge on any atom is 0.310 e. The number of unbranched alkanes of at least 4 members (excludes halogenated alkanes) is 32. The number of likely N-dealkylation sites (N-methyl/N-ethyl adjacent to an activating group) is 2. The number of nitrogens with zero attached hydrogens (tertiary/aromatic N) is 6. The smallest absolute Gasteiger partial charge is 0.310 e. The van der Waals surface area contributed by atoms with E-state index in [0.717, 1.165) is 123 Å². The van der Waals surface area contributed by atoms with E-state index in [1.165, 1.54) is 203 Å². The Kier molecular flexibility index (Phi) is 50.6. The third-order valence-corrected chi connectivity index (χ3v) is 22.2. The largest absolute Gasteiger partial charge is 1.00 e. The first-order valence-corrected chi connectivity index (χ1v) is 43.5. The molecule has 0 N–H and O–H groups in total. The molecule has 0 fully saturated rings. The van der Waals surface area contributed by atoms with Crippen molar-refractivity contribution in [2.24, 2.45) is 0 Å². The lowest BCUT2D eigenvalue weighted by molar-refractivity contribution is -0.953. The van der Waals surface area contributed by atoms with E-state index in [-0.39, 0.29) is 48.4 Å². The van der Waals surface area contributed by atoms with Crippen molar-refractivity contribution >= 4 is 64.1 Å². The standard InChI is InChI=1S/2C34H54N3O3S.C20H31ClO2.HI/c2*1-4-6-8-10-11-12-13-14-15-19-25-31(38)40-34(29-22-17-16-18-23-29)37(3)26-21-24-30(28-37)32-33(36-41-35-32)39-27-20-9-7-5-2;1-2-3-4-5-6-7-8-9-13-16-20(21,19(22)23)17-18-14-11-10-12-15-18;/h2*16-18,22-24,34H,4-15,19-21,25-28H2,1-3H3;10-12,14-15H,2-9,13,16-17H2,1H3,(H,22,23);1H/q2*+1;;/p-2. The molecule has 2 aliphatic rings. The number of ether oxygens (including phenoxy) is 4. The summed E-state index contributed by atoms with van der Waals surface area (Å²) in [5.74, 6) is -0.0657. The number of rotatable bonds is 55. The minimum Gasteiger partial charge on any atom is -1.00 e. The highest BCUT2D eigenvalue weighted by molar-refractivity contribution is 6.99. The molecule has 2 aromatic heterocycles. The molecule has 0 saturated carbocycles. The minimum absolute atomic E-state index is 0. The minimum atomic E-state index is -1.28. The average molecular weight is 1630 g/mol. The molecule has 5 unspecified atom stereocenters. The molecule has 5 aromatic rings. The first-order chi connectivity index (χ1) is 51.2. The van der Waals surface area contributed by atoms with Crippen LogP contribution in [0.4, 0.5) is 0 Å². The van der Waals surface area contributed by atoms with Gasteiger partial charge in [0.15, 0.2) is 0 Å². The number of esters is 2. The zero-order chi connectivity index (χ0) is 75.3. The normalized spacial score (nSPS) is 16.6. The average Bonchev–Trinajstić information content (AvgIpc) is 1.20. The predicted molar refractivity (Wildman–Crippen MR) is 435 cm³/mol. The third kappa shape index (κ3) is 37.3. The second kappa shape index (κ2) is 57.3. The van der Waals surface area contributed by atoms with E-state index < -0.39 is 10.8 Å². The van der Waals surface area contributed by atoms with Crippen molar-refractivity contribution in [2.45, 2.75) is 328 Å². The van der Waals surface area contributed by atoms with Crippen molar-refractivity contribution < 1.29 is 71.4 Å². The zero-order valence-corrected chi connectivity index (χ0v) is 71.2. The van der Waals surface area contributed by atoms with Crippen LogP contribution in [0.25, 0.3) is 11.1 Å². The van der Waals surface area contributed by atoms with Gasteiger partial charge >= 0.3 is 11.9 Å². The van der Waals surface area contributed by atoms with E-state index in [2.05, 4.69) is 103 Å². The third-order valence-electron chi connectivity index (χ3n) is 20.7. The Labute approximate surface area is 672 Å². The van der Waals surface area contributed by atoms with Crippen molar-refractivity contribution in [1.29, 1.82) is 0 Å². The van der Waals surface area contributed by atoms with Crippen LogP contribution in [0, 0.1) is 0 Å². The van der Waals surface area contributed by atoms with Gasteiger partial charge in [0, 0.05) is 36.8 Å². The summed E-state index contributed by atoms with van der Waals surface area (Å²) >= 11 is 8.76. The molecule has 18 heteroatoms. The van der Waals surface area contributed by atoms with Crippen LogP contribution in [0.2, 0.25) is 0 Å². The number of carboxylic acid groups (broad SMARTS) is 1. The van der Waals surface area contributed by atoms with E-state index in [1.807, 2.05) is 66.7 Å². The topological polar surface area (TPSA) is 163 Å². The predicted octanol–water partition coefficient (Wildman–Crippen LogP) is 20.4. The number of hydrogen-bond donors (Lipinski definition) is 0. The molecule has 0 radical (unpaired) electrons. The van der Waals surface area contributed by atoms with E-state index in [9.17, 15) is 19.5 Å². The number of halogens is 2. The fourth-order valence-corrected chi connectivity index (χ4v) is 15.7. The van der Waals surface area contributed by atoms with Crippen molar-refractivity contribution in [2.75, 3.05) is 53.5 Å². The summed E-state index contributed by atoms with van der Waals surface area (Å²) in [7, 11) is 4.40. The Balaban J connectivity index is 0.000000349. The molecule has 0 saturated heterocycles. The van der Waals surface area contributed by atoms with Gasteiger partial charge in [-0.1, -0.05) is 325 Å². The molecular formula is C88H138ClIN6O8S2. The summed E-state index contributed by atoms with van der Waals surface area (Å²) in [5, 5.41) is 11.4. The molecule has 7 rings (SSSR count). The van der Waals surface area contributed by atoms with Crippen LogP contribution in [-0.2, 0) is 30.3 Å². The summed E-state index contributed by atoms with van der Waals surface area (Å²) in [4.78, 5) is 36.4. The molecule has 4 heterocycles. The fraction of sp³-hybridized carbons (Fsp3) is 0.670. The molecular weight excluding hydrogens is 1500 g/mol. The number of carboxylic acids is 1. The maximum absolute atomic E-state index is 13.1. The van der Waals surface area contributed by atoms with Crippen molar-refractivity contribution in [1.82, 2.24) is 17.5 Å². The van der Waals surface area contributed by atoms with Gasteiger partial charge in [-0.05, 0) is 68.4 Å². The van der Waals surface area contributed by atoms with Gasteiger partial charge in [0.2, 0.25) is 0 Å². The molecule has 5 atom stereocenters. The molecule has 0 spiro atoms. The summed E-state index contributed by atoms with van der Waals surface area (Å²) in [6.45, 7) is 15.7. The van der Waals surface area contributed by atoms with Crippen LogP contribution in [-0.4, -0.2) is 103 Å². The van der Waals surface area contributed by atoms with E-state index in [1.54, 1.807) is 0 Å². The Morgan fingerprint density at radius 2 is 0.755 bits per heavy atom. The van der Waals surface area contributed by atoms with E-state index in [0.29, 0.717) is 72.7 Å². The number of aliphatic carboxylic acids is 1. The molecule has 3 aromatic carbocycles. The zero-order valence-electron chi connectivity index (χ0n) is 66.6. The second-order valence-corrected chi connectivity index (χ2v) is 32.1. The van der Waals surface area contributed by atoms with Crippen molar-refractivity contribution in [3.8, 4) is 11.8 Å². The summed E-state index contributed by atoms with van der Waals surface area (Å²) in [5.41, 5.74) is 6.97. The van der Waals surface area contributed by atoms with Crippen molar-refractivity contribution in [3.05, 3.63) is 131 Å². The first-order valence-electron chi connectivity index (χ1n) is 41.6. The van der Waals surface area contributed by atoms with Gasteiger partial charge in [-0.2, -0.15) is 8.75 Å². The number of benzene rings is 3. The molecule has 2 aliphatic heterocycles. The lowest BCUT2D eigenvalue weighted by Crippen LogP contribution is -3.00. The van der Waals surface area contributed by atoms with Gasteiger partial charge in [-0.3, -0.25) is 18.6 Å². The molecule has 594 valence electrons. The number of carbonyl (C=O) groups is 3. The molecule has 0 aliphatic carbocycles. The first kappa shape index (κ1) is 93.6. The quantitative estimate of drug-likeness (QED) is 0.0119. The lowest BCUT2D eigenvalue weighted by atomic mass is 9.92. The highest BCUT2D eigenvalue weighted by Crippen LogP contribution is 2.40. The van der Waals surface area contributed by atoms with Crippen LogP contribution in [0.1, 0.15) is 345 Å². The Morgan fingerprint density at radius 1 is 0.443 bits per heavy atom. The number of carbonyl (C=O) groups excluding carboxylic acids is 3. The van der Waals surface area contributed by atoms with Gasteiger partial charge in [-0.25, -0.2) is 0 Å². The van der Waals surface area contributed by atoms with Crippen LogP contribution >= 0.6 is 35.1 Å². The van der Waals surface area contributed by atoms with Crippen LogP contribution in [0.15, 0.2) is 103 Å². The highest BCUT2D eigenvalue weighted by Gasteiger charge is 2.42. The van der Waals surface area contributed by atoms with Gasteiger partial charge in [0.1, 0.15) is 24.5 Å². The number of quaternary nitrogens is 2. The Morgan fingerprint density at radius 3 is 1.09 bits per heavy atom. The van der Waals surface area contributed by atoms with Gasteiger partial charge in [0.25, 0.3) is 24.2 Å². The van der Waals surface area contributed by atoms with Crippen molar-refractivity contribution in [3.63, 3.8) is 0 Å². The molecule has 0 amide bonds. The van der Waals surface area contributed by atoms with Crippen LogP contribution < -0.4 is 38.6 Å². The highest BCUT2D eigenvalue weighted by atomic mass is 127. The molecule has 14 nitrogen and oxygen atoms in total. The second-order valence-electron chi connectivity index (χ2n) is 30.3. The maximum atomic E-state index is 13.1. The summed E-state index contributed by atoms with van der Waals surface area (Å²) in [6.07, 6.45) is 52.5. The fourth-order valence-electron chi connectivity index (χ4n) is 14.3. The lowest BCUT2D eigenvalue weighted by Gasteiger charge is -2.42. The van der Waals surface area contributed by atoms with Gasteiger partial charge < -0.3 is 52.8 Å². The monoisotopic (exact) mass is 1630 g/mol. The van der Waals surface area contributed by atoms with E-state index >= 15 is 0 Å². The van der Waals surface area contributed by atoms with Crippen LogP contribution in [0.5, 0.6) is 11.8 Å². The Bertz CT molecular complexity index is 2960. The van der Waals surface area contributed by atoms with Crippen LogP contribution in [0.3, 0.4) is 0 Å². The molecule has 0 bridgehead atoms. The number of alkyl halides is 1. The van der Waals surface area contributed by atoms with Gasteiger partial charge in [-0.15, -0.1) is 20.3 Å². The SMILES string of the molecule is CCCCCCCCCCCC(Cl)(Cc1ccccc1)C(=O)[O-].CCCCCCCCCCCCC(=O)OC(c1ccccc1)[N+]1(C)CCC=C(c2nsnc2OCCCCCC)C1.CCCCCCCCCCCCC(=O)OC(c1ccccc1)[N+]1(C)CCC=C(c2nsnc2OCCCCCC)C1.[I-]. The Hall–Kier alpha value is -4.79. The summed E-state index contributed by atoms with van der Waals surface area (Å²) in [6, 6.07) is 30.0. The summed E-state index contributed by atoms with van der Waals surface area (Å²) < 4.78 is 44.1. The van der Waals surface area contributed by atoms with E-state index in [4.69, 9.17) is 30.5 Å². The van der Waals surface area contributed by atoms with Gasteiger partial charge in [0.05, 0.1) is 85.8 Å².